The first kappa shape index (κ1) is 22.3. The zero-order chi connectivity index (χ0) is 22.6. The minimum Gasteiger partial charge on any atom is -0.465 e. The number of amides is 2. The average molecular weight is 425 g/mol. The second kappa shape index (κ2) is 9.16. The molecule has 3 rings (SSSR count). The first-order valence-electron chi connectivity index (χ1n) is 10.1. The van der Waals surface area contributed by atoms with Gasteiger partial charge in [0, 0.05) is 18.7 Å². The molecule has 0 aliphatic carbocycles. The molecule has 2 atom stereocenters. The molecule has 1 aromatic heterocycles. The summed E-state index contributed by atoms with van der Waals surface area (Å²) in [7, 11) is 1.28. The molecule has 1 saturated heterocycles. The van der Waals surface area contributed by atoms with Gasteiger partial charge in [0.25, 0.3) is 0 Å². The maximum atomic E-state index is 13.3. The third-order valence-electron chi connectivity index (χ3n) is 4.96. The van der Waals surface area contributed by atoms with Gasteiger partial charge in [0.2, 0.25) is 5.91 Å². The molecule has 8 nitrogen and oxygen atoms in total. The van der Waals surface area contributed by atoms with E-state index in [9.17, 15) is 14.4 Å². The topological polar surface area (TPSA) is 97.8 Å². The molecule has 2 amide bonds. The monoisotopic (exact) mass is 425 g/mol. The van der Waals surface area contributed by atoms with Gasteiger partial charge in [-0.05, 0) is 44.9 Å². The summed E-state index contributed by atoms with van der Waals surface area (Å²) in [5.41, 5.74) is 0.579. The van der Waals surface area contributed by atoms with Crippen molar-refractivity contribution in [1.29, 1.82) is 0 Å². The molecule has 0 saturated carbocycles. The molecule has 1 N–H and O–H groups in total. The van der Waals surface area contributed by atoms with Crippen molar-refractivity contribution in [2.75, 3.05) is 19.0 Å². The lowest BCUT2D eigenvalue weighted by atomic mass is 9.91. The second-order valence-electron chi connectivity index (χ2n) is 8.34. The lowest BCUT2D eigenvalue weighted by molar-refractivity contribution is -0.120. The number of methoxy groups -OCH3 is 1. The lowest BCUT2D eigenvalue weighted by Gasteiger charge is -2.30. The van der Waals surface area contributed by atoms with E-state index in [0.29, 0.717) is 13.0 Å². The number of esters is 1. The number of hydrogen-bond donors (Lipinski definition) is 1. The molecule has 31 heavy (non-hydrogen) atoms. The Kier molecular flexibility index (Phi) is 6.58. The predicted octanol–water partition coefficient (Wildman–Crippen LogP) is 3.60. The lowest BCUT2D eigenvalue weighted by Crippen LogP contribution is -2.47. The van der Waals surface area contributed by atoms with Crippen LogP contribution in [0.3, 0.4) is 0 Å². The van der Waals surface area contributed by atoms with Gasteiger partial charge in [-0.15, -0.1) is 0 Å². The summed E-state index contributed by atoms with van der Waals surface area (Å²) in [5, 5.41) is 2.76. The van der Waals surface area contributed by atoms with Crippen molar-refractivity contribution in [3.8, 4) is 0 Å². The fourth-order valence-corrected chi connectivity index (χ4v) is 3.60. The summed E-state index contributed by atoms with van der Waals surface area (Å²) >= 11 is 0. The standard InChI is InChI=1S/C23H27N3O5/c1-23(2,3)31-22(29)26-13-12-17(15-8-6-5-7-9-15)19(26)20(27)25-18-11-10-16(14-24-18)21(28)30-4/h5-11,14,17,19H,12-13H2,1-4H3,(H,24,25,27)/t17-,19+/m1/s1. The summed E-state index contributed by atoms with van der Waals surface area (Å²) in [4.78, 5) is 43.2. The van der Waals surface area contributed by atoms with Crippen LogP contribution in [-0.4, -0.2) is 53.2 Å². The van der Waals surface area contributed by atoms with E-state index in [4.69, 9.17) is 4.74 Å². The van der Waals surface area contributed by atoms with Gasteiger partial charge in [0.05, 0.1) is 12.7 Å². The minimum absolute atomic E-state index is 0.178. The summed E-state index contributed by atoms with van der Waals surface area (Å²) in [6, 6.07) is 11.9. The van der Waals surface area contributed by atoms with E-state index in [2.05, 4.69) is 15.0 Å². The fraction of sp³-hybridized carbons (Fsp3) is 0.391. The van der Waals surface area contributed by atoms with Crippen molar-refractivity contribution in [3.63, 3.8) is 0 Å². The van der Waals surface area contributed by atoms with Crippen LogP contribution in [0.25, 0.3) is 0 Å². The Bertz CT molecular complexity index is 938. The molecule has 1 aliphatic rings. The van der Waals surface area contributed by atoms with Gasteiger partial charge in [-0.2, -0.15) is 0 Å². The summed E-state index contributed by atoms with van der Waals surface area (Å²) in [5.74, 6) is -0.777. The SMILES string of the molecule is COC(=O)c1ccc(NC(=O)[C@@H]2[C@@H](c3ccccc3)CCN2C(=O)OC(C)(C)C)nc1. The van der Waals surface area contributed by atoms with Gasteiger partial charge in [-0.1, -0.05) is 30.3 Å². The normalized spacial score (nSPS) is 18.4. The molecule has 2 aromatic rings. The van der Waals surface area contributed by atoms with Gasteiger partial charge in [-0.3, -0.25) is 9.69 Å². The van der Waals surface area contributed by atoms with Crippen molar-refractivity contribution < 1.29 is 23.9 Å². The third-order valence-corrected chi connectivity index (χ3v) is 4.96. The third kappa shape index (κ3) is 5.39. The zero-order valence-corrected chi connectivity index (χ0v) is 18.1. The Morgan fingerprint density at radius 1 is 1.10 bits per heavy atom. The highest BCUT2D eigenvalue weighted by molar-refractivity contribution is 5.97. The number of aromatic nitrogens is 1. The van der Waals surface area contributed by atoms with Crippen molar-refractivity contribution in [2.24, 2.45) is 0 Å². The van der Waals surface area contributed by atoms with E-state index >= 15 is 0 Å². The van der Waals surface area contributed by atoms with Crippen LogP contribution in [0.4, 0.5) is 10.6 Å². The highest BCUT2D eigenvalue weighted by Gasteiger charge is 2.44. The van der Waals surface area contributed by atoms with Crippen LogP contribution in [0.1, 0.15) is 49.0 Å². The number of benzene rings is 1. The van der Waals surface area contributed by atoms with Crippen LogP contribution < -0.4 is 5.32 Å². The molecule has 164 valence electrons. The number of nitrogens with zero attached hydrogens (tertiary/aromatic N) is 2. The molecule has 8 heteroatoms. The van der Waals surface area contributed by atoms with Crippen molar-refractivity contribution in [1.82, 2.24) is 9.88 Å². The quantitative estimate of drug-likeness (QED) is 0.752. The van der Waals surface area contributed by atoms with Gasteiger partial charge in [0.1, 0.15) is 17.5 Å². The molecular formula is C23H27N3O5. The second-order valence-corrected chi connectivity index (χ2v) is 8.34. The van der Waals surface area contributed by atoms with E-state index < -0.39 is 23.7 Å². The first-order chi connectivity index (χ1) is 14.7. The number of likely N-dealkylation sites (tertiary alicyclic amines) is 1. The molecule has 0 bridgehead atoms. The molecule has 1 fully saturated rings. The van der Waals surface area contributed by atoms with E-state index in [1.165, 1.54) is 30.3 Å². The largest absolute Gasteiger partial charge is 0.465 e. The molecule has 0 radical (unpaired) electrons. The maximum absolute atomic E-state index is 13.3. The predicted molar refractivity (Wildman–Crippen MR) is 115 cm³/mol. The summed E-state index contributed by atoms with van der Waals surface area (Å²) in [6.07, 6.45) is 1.44. The Morgan fingerprint density at radius 2 is 1.81 bits per heavy atom. The van der Waals surface area contributed by atoms with Gasteiger partial charge in [-0.25, -0.2) is 14.6 Å². The van der Waals surface area contributed by atoms with Crippen LogP contribution in [0, 0.1) is 0 Å². The Balaban J connectivity index is 1.84. The van der Waals surface area contributed by atoms with Crippen LogP contribution in [-0.2, 0) is 14.3 Å². The van der Waals surface area contributed by atoms with Crippen molar-refractivity contribution in [2.45, 2.75) is 44.8 Å². The minimum atomic E-state index is -0.751. The van der Waals surface area contributed by atoms with E-state index in [-0.39, 0.29) is 23.2 Å². The number of anilines is 1. The van der Waals surface area contributed by atoms with Gasteiger partial charge in [0.15, 0.2) is 0 Å². The smallest absolute Gasteiger partial charge is 0.410 e. The van der Waals surface area contributed by atoms with Crippen LogP contribution in [0.5, 0.6) is 0 Å². The number of nitrogens with one attached hydrogen (secondary N) is 1. The molecule has 2 heterocycles. The Morgan fingerprint density at radius 3 is 2.39 bits per heavy atom. The Labute approximate surface area is 181 Å². The number of carbonyl (C=O) groups is 3. The number of carbonyl (C=O) groups excluding carboxylic acids is 3. The highest BCUT2D eigenvalue weighted by atomic mass is 16.6. The van der Waals surface area contributed by atoms with E-state index in [0.717, 1.165) is 5.56 Å². The van der Waals surface area contributed by atoms with Crippen molar-refractivity contribution in [3.05, 3.63) is 59.8 Å². The zero-order valence-electron chi connectivity index (χ0n) is 18.1. The van der Waals surface area contributed by atoms with E-state index in [1.54, 1.807) is 20.8 Å². The summed E-state index contributed by atoms with van der Waals surface area (Å²) in [6.45, 7) is 5.77. The highest BCUT2D eigenvalue weighted by Crippen LogP contribution is 2.35. The fourth-order valence-electron chi connectivity index (χ4n) is 3.60. The van der Waals surface area contributed by atoms with Crippen LogP contribution in [0.2, 0.25) is 0 Å². The maximum Gasteiger partial charge on any atom is 0.410 e. The number of rotatable bonds is 4. The van der Waals surface area contributed by atoms with Crippen molar-refractivity contribution >= 4 is 23.8 Å². The first-order valence-corrected chi connectivity index (χ1v) is 10.1. The van der Waals surface area contributed by atoms with E-state index in [1.807, 2.05) is 30.3 Å². The number of ether oxygens (including phenoxy) is 2. The Hall–Kier alpha value is -3.42. The molecule has 1 aliphatic heterocycles. The average Bonchev–Trinajstić information content (AvgIpc) is 3.19. The van der Waals surface area contributed by atoms with Crippen LogP contribution in [0.15, 0.2) is 48.7 Å². The van der Waals surface area contributed by atoms with Gasteiger partial charge < -0.3 is 14.8 Å². The molecule has 1 aromatic carbocycles. The number of hydrogen-bond acceptors (Lipinski definition) is 6. The van der Waals surface area contributed by atoms with Crippen LogP contribution >= 0.6 is 0 Å². The molecular weight excluding hydrogens is 398 g/mol. The van der Waals surface area contributed by atoms with Gasteiger partial charge >= 0.3 is 12.1 Å². The molecule has 0 spiro atoms. The molecule has 0 unspecified atom stereocenters. The number of pyridine rings is 1. The summed E-state index contributed by atoms with van der Waals surface area (Å²) < 4.78 is 10.2.